The van der Waals surface area contributed by atoms with E-state index in [2.05, 4.69) is 15.6 Å². The highest BCUT2D eigenvalue weighted by atomic mass is 19.4. The number of anilines is 1. The average molecular weight is 437 g/mol. The fourth-order valence-electron chi connectivity index (χ4n) is 4.01. The van der Waals surface area contributed by atoms with Crippen LogP contribution in [-0.4, -0.2) is 52.7 Å². The van der Waals surface area contributed by atoms with Crippen LogP contribution >= 0.6 is 0 Å². The van der Waals surface area contributed by atoms with E-state index in [1.165, 1.54) is 9.58 Å². The highest BCUT2D eigenvalue weighted by molar-refractivity contribution is 6.03. The van der Waals surface area contributed by atoms with Crippen molar-refractivity contribution in [1.29, 1.82) is 0 Å². The number of likely N-dealkylation sites (N-methyl/N-ethyl adjacent to an activating group) is 1. The predicted molar refractivity (Wildman–Crippen MR) is 104 cm³/mol. The third-order valence-corrected chi connectivity index (χ3v) is 6.01. The van der Waals surface area contributed by atoms with Gasteiger partial charge in [0.25, 0.3) is 11.8 Å². The molecule has 0 spiro atoms. The summed E-state index contributed by atoms with van der Waals surface area (Å²) in [5.41, 5.74) is 0.869. The SMILES string of the molecule is CC(C1CCn2nnc(C(=O)N[C@H]3COc4ccccc4N(C)C3=O)c2C1)C(F)(F)F. The normalized spacial score (nSPS) is 22.1. The number of carbonyl (C=O) groups excluding carboxylic acids is 2. The summed E-state index contributed by atoms with van der Waals surface area (Å²) in [5.74, 6) is -2.69. The monoisotopic (exact) mass is 437 g/mol. The maximum Gasteiger partial charge on any atom is 0.391 e. The second-order valence-electron chi connectivity index (χ2n) is 7.89. The van der Waals surface area contributed by atoms with E-state index in [1.54, 1.807) is 31.3 Å². The van der Waals surface area contributed by atoms with Crippen LogP contribution in [0.5, 0.6) is 5.75 Å². The van der Waals surface area contributed by atoms with Crippen molar-refractivity contribution in [2.75, 3.05) is 18.6 Å². The Balaban J connectivity index is 1.51. The van der Waals surface area contributed by atoms with E-state index in [-0.39, 0.29) is 31.2 Å². The molecule has 0 saturated heterocycles. The molecule has 2 unspecified atom stereocenters. The molecule has 0 bridgehead atoms. The number of hydrogen-bond donors (Lipinski definition) is 1. The van der Waals surface area contributed by atoms with Gasteiger partial charge in [-0.25, -0.2) is 4.68 Å². The standard InChI is InChI=1S/C20H22F3N5O3/c1-11(20(21,22)23)12-7-8-28-15(9-12)17(25-26-28)18(29)24-13-10-31-16-6-4-3-5-14(16)27(2)19(13)30/h3-6,11-13H,7-10H2,1-2H3,(H,24,29)/t11?,12?,13-/m0/s1. The number of nitrogens with one attached hydrogen (secondary N) is 1. The molecule has 2 aliphatic rings. The van der Waals surface area contributed by atoms with Crippen LogP contribution < -0.4 is 15.0 Å². The lowest BCUT2D eigenvalue weighted by atomic mass is 9.84. The maximum absolute atomic E-state index is 13.2. The summed E-state index contributed by atoms with van der Waals surface area (Å²) in [6.07, 6.45) is -3.97. The Labute approximate surface area is 176 Å². The van der Waals surface area contributed by atoms with E-state index in [1.807, 2.05) is 0 Å². The summed E-state index contributed by atoms with van der Waals surface area (Å²) in [7, 11) is 1.58. The van der Waals surface area contributed by atoms with Crippen molar-refractivity contribution in [1.82, 2.24) is 20.3 Å². The molecule has 1 aromatic carbocycles. The van der Waals surface area contributed by atoms with Crippen LogP contribution in [0.3, 0.4) is 0 Å². The molecule has 1 N–H and O–H groups in total. The van der Waals surface area contributed by atoms with E-state index < -0.39 is 30.0 Å². The topological polar surface area (TPSA) is 89.3 Å². The van der Waals surface area contributed by atoms with Gasteiger partial charge in [-0.3, -0.25) is 9.59 Å². The molecule has 166 valence electrons. The molecule has 11 heteroatoms. The number of rotatable bonds is 3. The van der Waals surface area contributed by atoms with Crippen molar-refractivity contribution in [3.05, 3.63) is 35.7 Å². The van der Waals surface area contributed by atoms with Gasteiger partial charge in [-0.15, -0.1) is 5.10 Å². The molecule has 2 amide bonds. The lowest BCUT2D eigenvalue weighted by Gasteiger charge is -2.29. The largest absolute Gasteiger partial charge is 0.489 e. The molecule has 3 atom stereocenters. The van der Waals surface area contributed by atoms with Gasteiger partial charge in [0.1, 0.15) is 18.4 Å². The van der Waals surface area contributed by atoms with Gasteiger partial charge in [-0.05, 0) is 30.9 Å². The number of carbonyl (C=O) groups is 2. The van der Waals surface area contributed by atoms with Crippen LogP contribution in [0.1, 0.15) is 29.5 Å². The van der Waals surface area contributed by atoms with Crippen molar-refractivity contribution in [3.8, 4) is 5.75 Å². The molecule has 8 nitrogen and oxygen atoms in total. The van der Waals surface area contributed by atoms with Gasteiger partial charge in [0.15, 0.2) is 5.69 Å². The summed E-state index contributed by atoms with van der Waals surface area (Å²) in [5, 5.41) is 10.4. The number of halogens is 3. The van der Waals surface area contributed by atoms with Crippen molar-refractivity contribution in [3.63, 3.8) is 0 Å². The van der Waals surface area contributed by atoms with Crippen LogP contribution in [0.15, 0.2) is 24.3 Å². The number of aromatic nitrogens is 3. The molecule has 4 rings (SSSR count). The Morgan fingerprint density at radius 2 is 2.06 bits per heavy atom. The molecule has 2 aromatic rings. The van der Waals surface area contributed by atoms with Crippen LogP contribution in [0.2, 0.25) is 0 Å². The first kappa shape index (κ1) is 21.1. The first-order valence-corrected chi connectivity index (χ1v) is 9.96. The fourth-order valence-corrected chi connectivity index (χ4v) is 4.01. The quantitative estimate of drug-likeness (QED) is 0.795. The van der Waals surface area contributed by atoms with Gasteiger partial charge in [0, 0.05) is 13.6 Å². The number of aryl methyl sites for hydroxylation is 1. The van der Waals surface area contributed by atoms with Gasteiger partial charge in [-0.2, -0.15) is 13.2 Å². The summed E-state index contributed by atoms with van der Waals surface area (Å²) < 4.78 is 46.6. The van der Waals surface area contributed by atoms with E-state index in [9.17, 15) is 22.8 Å². The van der Waals surface area contributed by atoms with Crippen molar-refractivity contribution in [2.45, 2.75) is 38.5 Å². The number of para-hydroxylation sites is 2. The second kappa shape index (κ2) is 7.86. The summed E-state index contributed by atoms with van der Waals surface area (Å²) in [6, 6.07) is 6.02. The zero-order chi connectivity index (χ0) is 22.3. The number of nitrogens with zero attached hydrogens (tertiary/aromatic N) is 4. The molecule has 31 heavy (non-hydrogen) atoms. The molecule has 0 aliphatic carbocycles. The van der Waals surface area contributed by atoms with Crippen LogP contribution in [0.4, 0.5) is 18.9 Å². The fraction of sp³-hybridized carbons (Fsp3) is 0.500. The third-order valence-electron chi connectivity index (χ3n) is 6.01. The van der Waals surface area contributed by atoms with Crippen LogP contribution in [0, 0.1) is 11.8 Å². The minimum Gasteiger partial charge on any atom is -0.489 e. The number of fused-ring (bicyclic) bond motifs is 2. The zero-order valence-electron chi connectivity index (χ0n) is 17.0. The third kappa shape index (κ3) is 3.96. The van der Waals surface area contributed by atoms with E-state index in [4.69, 9.17) is 4.74 Å². The van der Waals surface area contributed by atoms with Crippen LogP contribution in [0.25, 0.3) is 0 Å². The predicted octanol–water partition coefficient (Wildman–Crippen LogP) is 2.19. The molecule has 2 aliphatic heterocycles. The highest BCUT2D eigenvalue weighted by Crippen LogP contribution is 2.37. The highest BCUT2D eigenvalue weighted by Gasteiger charge is 2.43. The van der Waals surface area contributed by atoms with Gasteiger partial charge < -0.3 is 15.0 Å². The number of alkyl halides is 3. The molecular formula is C20H22F3N5O3. The number of benzene rings is 1. The molecule has 0 radical (unpaired) electrons. The Kier molecular flexibility index (Phi) is 5.36. The van der Waals surface area contributed by atoms with Gasteiger partial charge in [0.2, 0.25) is 0 Å². The summed E-state index contributed by atoms with van der Waals surface area (Å²) >= 11 is 0. The number of amides is 2. The zero-order valence-corrected chi connectivity index (χ0v) is 17.0. The molecule has 3 heterocycles. The smallest absolute Gasteiger partial charge is 0.391 e. The Hall–Kier alpha value is -3.11. The molecule has 0 saturated carbocycles. The van der Waals surface area contributed by atoms with E-state index in [0.29, 0.717) is 23.6 Å². The van der Waals surface area contributed by atoms with E-state index in [0.717, 1.165) is 6.92 Å². The second-order valence-corrected chi connectivity index (χ2v) is 7.89. The Bertz CT molecular complexity index is 1010. The van der Waals surface area contributed by atoms with Gasteiger partial charge >= 0.3 is 6.18 Å². The minimum atomic E-state index is -4.31. The van der Waals surface area contributed by atoms with Crippen molar-refractivity contribution in [2.24, 2.45) is 11.8 Å². The Morgan fingerprint density at radius 1 is 1.32 bits per heavy atom. The average Bonchev–Trinajstić information content (AvgIpc) is 3.13. The number of hydrogen-bond acceptors (Lipinski definition) is 5. The lowest BCUT2D eigenvalue weighted by Crippen LogP contribution is -2.49. The van der Waals surface area contributed by atoms with Gasteiger partial charge in [-0.1, -0.05) is 24.3 Å². The molecular weight excluding hydrogens is 415 g/mol. The Morgan fingerprint density at radius 3 is 2.81 bits per heavy atom. The van der Waals surface area contributed by atoms with E-state index >= 15 is 0 Å². The summed E-state index contributed by atoms with van der Waals surface area (Å²) in [4.78, 5) is 27.1. The maximum atomic E-state index is 13.2. The number of ether oxygens (including phenoxy) is 1. The summed E-state index contributed by atoms with van der Waals surface area (Å²) in [6.45, 7) is 1.33. The lowest BCUT2D eigenvalue weighted by molar-refractivity contribution is -0.185. The molecule has 1 aromatic heterocycles. The van der Waals surface area contributed by atoms with Crippen molar-refractivity contribution < 1.29 is 27.5 Å². The molecule has 0 fully saturated rings. The van der Waals surface area contributed by atoms with Gasteiger partial charge in [0.05, 0.1) is 17.3 Å². The first-order valence-electron chi connectivity index (χ1n) is 9.96. The minimum absolute atomic E-state index is 0.0386. The van der Waals surface area contributed by atoms with Crippen LogP contribution in [-0.2, 0) is 17.8 Å². The van der Waals surface area contributed by atoms with Crippen molar-refractivity contribution >= 4 is 17.5 Å². The first-order chi connectivity index (χ1) is 14.7.